The molecular weight excluding hydrogens is 195 g/mol. The molecule has 0 saturated carbocycles. The highest BCUT2D eigenvalue weighted by atomic mass is 19.1. The van der Waals surface area contributed by atoms with Crippen molar-refractivity contribution in [2.45, 2.75) is 31.9 Å². The van der Waals surface area contributed by atoms with Crippen molar-refractivity contribution in [2.75, 3.05) is 0 Å². The van der Waals surface area contributed by atoms with E-state index in [9.17, 15) is 9.18 Å². The Morgan fingerprint density at radius 2 is 2.27 bits per heavy atom. The van der Waals surface area contributed by atoms with Crippen LogP contribution in [0.3, 0.4) is 0 Å². The predicted molar refractivity (Wildman–Crippen MR) is 54.5 cm³/mol. The summed E-state index contributed by atoms with van der Waals surface area (Å²) < 4.78 is 14.3. The van der Waals surface area contributed by atoms with Crippen LogP contribution in [-0.4, -0.2) is 11.1 Å². The highest BCUT2D eigenvalue weighted by Crippen LogP contribution is 2.39. The first-order valence-electron chi connectivity index (χ1n) is 5.06. The largest absolute Gasteiger partial charge is 0.479 e. The average Bonchev–Trinajstić information content (AvgIpc) is 2.19. The molecule has 0 saturated heterocycles. The molecule has 0 spiro atoms. The first-order chi connectivity index (χ1) is 7.04. The van der Waals surface area contributed by atoms with Crippen molar-refractivity contribution in [1.29, 1.82) is 0 Å². The number of aryl methyl sites for hydroxylation is 2. The van der Waals surface area contributed by atoms with E-state index in [0.717, 1.165) is 17.5 Å². The summed E-state index contributed by atoms with van der Waals surface area (Å²) in [5, 5.41) is 8.96. The summed E-state index contributed by atoms with van der Waals surface area (Å²) in [6, 6.07) is 5.39. The lowest BCUT2D eigenvalue weighted by molar-refractivity contribution is -0.152. The lowest BCUT2D eigenvalue weighted by Gasteiger charge is -2.28. The number of hydrogen-bond donors (Lipinski definition) is 1. The van der Waals surface area contributed by atoms with Gasteiger partial charge in [0.05, 0.1) is 0 Å². The van der Waals surface area contributed by atoms with Crippen molar-refractivity contribution in [3.63, 3.8) is 0 Å². The molecule has 0 radical (unpaired) electrons. The fourth-order valence-electron chi connectivity index (χ4n) is 2.16. The van der Waals surface area contributed by atoms with Crippen LogP contribution in [0, 0.1) is 6.92 Å². The Kier molecular flexibility index (Phi) is 2.25. The second-order valence-corrected chi connectivity index (χ2v) is 4.12. The van der Waals surface area contributed by atoms with Crippen LogP contribution in [0.25, 0.3) is 0 Å². The van der Waals surface area contributed by atoms with Gasteiger partial charge in [0.1, 0.15) is 0 Å². The van der Waals surface area contributed by atoms with E-state index in [0.29, 0.717) is 12.0 Å². The van der Waals surface area contributed by atoms with Crippen molar-refractivity contribution >= 4 is 5.97 Å². The zero-order chi connectivity index (χ0) is 11.1. The maximum atomic E-state index is 14.3. The van der Waals surface area contributed by atoms with Crippen LogP contribution in [0.15, 0.2) is 18.2 Å². The van der Waals surface area contributed by atoms with Gasteiger partial charge in [-0.1, -0.05) is 23.8 Å². The third-order valence-corrected chi connectivity index (χ3v) is 3.00. The van der Waals surface area contributed by atoms with Gasteiger partial charge in [0.15, 0.2) is 0 Å². The van der Waals surface area contributed by atoms with Crippen LogP contribution in [0.5, 0.6) is 0 Å². The van der Waals surface area contributed by atoms with Gasteiger partial charge >= 0.3 is 5.97 Å². The van der Waals surface area contributed by atoms with Gasteiger partial charge in [-0.25, -0.2) is 9.18 Å². The molecule has 80 valence electrons. The molecule has 1 atom stereocenters. The minimum absolute atomic E-state index is 0.0821. The number of carboxylic acids is 1. The van der Waals surface area contributed by atoms with Gasteiger partial charge in [0.2, 0.25) is 5.67 Å². The van der Waals surface area contributed by atoms with Gasteiger partial charge in [0, 0.05) is 5.56 Å². The highest BCUT2D eigenvalue weighted by molar-refractivity contribution is 5.80. The van der Waals surface area contributed by atoms with Gasteiger partial charge in [-0.3, -0.25) is 0 Å². The van der Waals surface area contributed by atoms with Gasteiger partial charge in [0.25, 0.3) is 0 Å². The van der Waals surface area contributed by atoms with Crippen molar-refractivity contribution in [3.05, 3.63) is 34.9 Å². The molecule has 1 N–H and O–H groups in total. The van der Waals surface area contributed by atoms with Crippen LogP contribution in [0.2, 0.25) is 0 Å². The zero-order valence-corrected chi connectivity index (χ0v) is 8.59. The van der Waals surface area contributed by atoms with E-state index in [1.807, 2.05) is 19.1 Å². The van der Waals surface area contributed by atoms with E-state index < -0.39 is 11.6 Å². The van der Waals surface area contributed by atoms with Gasteiger partial charge in [-0.05, 0) is 31.7 Å². The van der Waals surface area contributed by atoms with E-state index in [-0.39, 0.29) is 6.42 Å². The minimum Gasteiger partial charge on any atom is -0.479 e. The van der Waals surface area contributed by atoms with Crippen LogP contribution in [0.1, 0.15) is 29.5 Å². The maximum absolute atomic E-state index is 14.3. The summed E-state index contributed by atoms with van der Waals surface area (Å²) in [7, 11) is 0. The van der Waals surface area contributed by atoms with Crippen LogP contribution in [0.4, 0.5) is 4.39 Å². The Morgan fingerprint density at radius 1 is 1.53 bits per heavy atom. The van der Waals surface area contributed by atoms with Crippen molar-refractivity contribution in [1.82, 2.24) is 0 Å². The smallest absolute Gasteiger partial charge is 0.346 e. The number of rotatable bonds is 1. The van der Waals surface area contributed by atoms with E-state index >= 15 is 0 Å². The van der Waals surface area contributed by atoms with Crippen LogP contribution < -0.4 is 0 Å². The van der Waals surface area contributed by atoms with Gasteiger partial charge in [-0.15, -0.1) is 0 Å². The third-order valence-electron chi connectivity index (χ3n) is 3.00. The fourth-order valence-corrected chi connectivity index (χ4v) is 2.16. The Hall–Kier alpha value is -1.38. The number of fused-ring (bicyclic) bond motifs is 1. The number of alkyl halides is 1. The SMILES string of the molecule is Cc1ccc2c(c1)C(F)(C(=O)O)CCC2. The molecule has 1 aromatic carbocycles. The molecule has 0 aromatic heterocycles. The van der Waals surface area contributed by atoms with Crippen LogP contribution in [-0.2, 0) is 16.9 Å². The zero-order valence-electron chi connectivity index (χ0n) is 8.59. The third kappa shape index (κ3) is 1.52. The Labute approximate surface area is 87.7 Å². The first-order valence-corrected chi connectivity index (χ1v) is 5.06. The number of hydrogen-bond acceptors (Lipinski definition) is 1. The standard InChI is InChI=1S/C12H13FO2/c1-8-4-5-9-3-2-6-12(13,11(14)15)10(9)7-8/h4-5,7H,2-3,6H2,1H3,(H,14,15). The number of halogens is 1. The molecule has 1 aliphatic rings. The average molecular weight is 208 g/mol. The molecule has 1 aromatic rings. The molecule has 15 heavy (non-hydrogen) atoms. The molecule has 0 fully saturated rings. The molecule has 1 unspecified atom stereocenters. The van der Waals surface area contributed by atoms with Crippen LogP contribution >= 0.6 is 0 Å². The molecule has 1 aliphatic carbocycles. The van der Waals surface area contributed by atoms with E-state index in [1.54, 1.807) is 6.07 Å². The van der Waals surface area contributed by atoms with Crippen molar-refractivity contribution < 1.29 is 14.3 Å². The number of carbonyl (C=O) groups is 1. The Morgan fingerprint density at radius 3 is 2.93 bits per heavy atom. The molecular formula is C12H13FO2. The molecule has 2 rings (SSSR count). The number of carboxylic acid groups (broad SMARTS) is 1. The maximum Gasteiger partial charge on any atom is 0.346 e. The summed E-state index contributed by atoms with van der Waals surface area (Å²) in [6.07, 6.45) is 1.45. The lowest BCUT2D eigenvalue weighted by atomic mass is 9.80. The predicted octanol–water partition coefficient (Wildman–Crippen LogP) is 2.58. The highest BCUT2D eigenvalue weighted by Gasteiger charge is 2.43. The molecule has 0 amide bonds. The number of aliphatic carboxylic acids is 1. The number of benzene rings is 1. The summed E-state index contributed by atoms with van der Waals surface area (Å²) in [5.41, 5.74) is -0.100. The second kappa shape index (κ2) is 3.33. The molecule has 2 nitrogen and oxygen atoms in total. The summed E-state index contributed by atoms with van der Waals surface area (Å²) in [5.74, 6) is -1.37. The monoisotopic (exact) mass is 208 g/mol. The summed E-state index contributed by atoms with van der Waals surface area (Å²) in [6.45, 7) is 1.84. The van der Waals surface area contributed by atoms with Crippen molar-refractivity contribution in [2.24, 2.45) is 0 Å². The van der Waals surface area contributed by atoms with E-state index in [4.69, 9.17) is 5.11 Å². The molecule has 0 heterocycles. The Balaban J connectivity index is 2.59. The minimum atomic E-state index is -2.18. The first kappa shape index (κ1) is 10.1. The van der Waals surface area contributed by atoms with E-state index in [1.165, 1.54) is 0 Å². The lowest BCUT2D eigenvalue weighted by Crippen LogP contribution is -2.34. The molecule has 0 bridgehead atoms. The topological polar surface area (TPSA) is 37.3 Å². The van der Waals surface area contributed by atoms with E-state index in [2.05, 4.69) is 0 Å². The fraction of sp³-hybridized carbons (Fsp3) is 0.417. The molecule has 0 aliphatic heterocycles. The molecule has 3 heteroatoms. The quantitative estimate of drug-likeness (QED) is 0.770. The summed E-state index contributed by atoms with van der Waals surface area (Å²) in [4.78, 5) is 11.0. The Bertz CT molecular complexity index is 414. The second-order valence-electron chi connectivity index (χ2n) is 4.12. The summed E-state index contributed by atoms with van der Waals surface area (Å²) >= 11 is 0. The van der Waals surface area contributed by atoms with Crippen molar-refractivity contribution in [3.8, 4) is 0 Å². The van der Waals surface area contributed by atoms with Gasteiger partial charge < -0.3 is 5.11 Å². The van der Waals surface area contributed by atoms with Gasteiger partial charge in [-0.2, -0.15) is 0 Å². The normalized spacial score (nSPS) is 24.7.